The Labute approximate surface area is 116 Å². The fraction of sp³-hybridized carbons (Fsp3) is 0.286. The van der Waals surface area contributed by atoms with E-state index in [1.807, 2.05) is 12.1 Å². The maximum Gasteiger partial charge on any atom is 0.252 e. The predicted molar refractivity (Wildman–Crippen MR) is 77.3 cm³/mol. The van der Waals surface area contributed by atoms with Gasteiger partial charge in [-0.15, -0.1) is 0 Å². The van der Waals surface area contributed by atoms with Gasteiger partial charge in [0.2, 0.25) is 0 Å². The van der Waals surface area contributed by atoms with Gasteiger partial charge in [-0.25, -0.2) is 0 Å². The SMILES string of the molecule is CSCCCNC(=O)c1ccc(-c2ccoc2)nc1. The molecule has 2 aromatic rings. The molecule has 0 fully saturated rings. The standard InChI is InChI=1S/C14H16N2O2S/c1-19-8-2-6-15-14(17)11-3-4-13(16-9-11)12-5-7-18-10-12/h3-5,7,9-10H,2,6,8H2,1H3,(H,15,17). The lowest BCUT2D eigenvalue weighted by molar-refractivity contribution is 0.0953. The van der Waals surface area contributed by atoms with Crippen molar-refractivity contribution in [2.45, 2.75) is 6.42 Å². The molecule has 0 aromatic carbocycles. The van der Waals surface area contributed by atoms with Gasteiger partial charge in [-0.05, 0) is 36.6 Å². The van der Waals surface area contributed by atoms with Crippen molar-refractivity contribution < 1.29 is 9.21 Å². The largest absolute Gasteiger partial charge is 0.472 e. The zero-order valence-electron chi connectivity index (χ0n) is 10.8. The first-order valence-corrected chi connectivity index (χ1v) is 7.46. The van der Waals surface area contributed by atoms with E-state index in [0.717, 1.165) is 23.4 Å². The summed E-state index contributed by atoms with van der Waals surface area (Å²) in [5, 5.41) is 2.88. The van der Waals surface area contributed by atoms with E-state index in [0.29, 0.717) is 12.1 Å². The molecule has 0 aliphatic heterocycles. The first-order chi connectivity index (χ1) is 9.31. The van der Waals surface area contributed by atoms with Crippen molar-refractivity contribution in [3.8, 4) is 11.3 Å². The highest BCUT2D eigenvalue weighted by Gasteiger charge is 2.06. The normalized spacial score (nSPS) is 10.4. The third kappa shape index (κ3) is 3.86. The highest BCUT2D eigenvalue weighted by molar-refractivity contribution is 7.98. The lowest BCUT2D eigenvalue weighted by Crippen LogP contribution is -2.24. The molecule has 19 heavy (non-hydrogen) atoms. The topological polar surface area (TPSA) is 55.1 Å². The Balaban J connectivity index is 1.93. The second-order valence-electron chi connectivity index (χ2n) is 4.05. The fourth-order valence-corrected chi connectivity index (χ4v) is 2.06. The van der Waals surface area contributed by atoms with Gasteiger partial charge in [0, 0.05) is 18.3 Å². The lowest BCUT2D eigenvalue weighted by Gasteiger charge is -2.04. The third-order valence-corrected chi connectivity index (χ3v) is 3.35. The van der Waals surface area contributed by atoms with Crippen LogP contribution in [0.25, 0.3) is 11.3 Å². The minimum atomic E-state index is -0.0765. The summed E-state index contributed by atoms with van der Waals surface area (Å²) >= 11 is 1.78. The number of furan rings is 1. The van der Waals surface area contributed by atoms with Gasteiger partial charge in [0.1, 0.15) is 0 Å². The monoisotopic (exact) mass is 276 g/mol. The van der Waals surface area contributed by atoms with Crippen molar-refractivity contribution in [2.24, 2.45) is 0 Å². The molecule has 5 heteroatoms. The molecule has 0 saturated carbocycles. The summed E-state index contributed by atoms with van der Waals surface area (Å²) in [5.41, 5.74) is 2.29. The molecule has 0 saturated heterocycles. The first kappa shape index (κ1) is 13.7. The number of carbonyl (C=O) groups excluding carboxylic acids is 1. The Hall–Kier alpha value is -1.75. The fourth-order valence-electron chi connectivity index (χ4n) is 1.63. The number of aromatic nitrogens is 1. The number of rotatable bonds is 6. The summed E-state index contributed by atoms with van der Waals surface area (Å²) in [7, 11) is 0. The summed E-state index contributed by atoms with van der Waals surface area (Å²) in [6.07, 6.45) is 7.86. The molecule has 0 radical (unpaired) electrons. The quantitative estimate of drug-likeness (QED) is 0.824. The number of carbonyl (C=O) groups is 1. The zero-order valence-corrected chi connectivity index (χ0v) is 11.6. The van der Waals surface area contributed by atoms with Crippen LogP contribution in [0.4, 0.5) is 0 Å². The van der Waals surface area contributed by atoms with Crippen molar-refractivity contribution in [3.63, 3.8) is 0 Å². The summed E-state index contributed by atoms with van der Waals surface area (Å²) < 4.78 is 5.00. The Morgan fingerprint density at radius 3 is 2.95 bits per heavy atom. The maximum atomic E-state index is 11.8. The predicted octanol–water partition coefficient (Wildman–Crippen LogP) is 2.82. The second-order valence-corrected chi connectivity index (χ2v) is 5.03. The maximum absolute atomic E-state index is 11.8. The number of nitrogens with one attached hydrogen (secondary N) is 1. The molecule has 0 aliphatic carbocycles. The van der Waals surface area contributed by atoms with Crippen molar-refractivity contribution in [2.75, 3.05) is 18.6 Å². The van der Waals surface area contributed by atoms with Crippen molar-refractivity contribution >= 4 is 17.7 Å². The average molecular weight is 276 g/mol. The first-order valence-electron chi connectivity index (χ1n) is 6.07. The molecule has 2 rings (SSSR count). The molecule has 0 bridgehead atoms. The molecule has 0 aliphatic rings. The molecular formula is C14H16N2O2S. The summed E-state index contributed by atoms with van der Waals surface area (Å²) in [6, 6.07) is 5.44. The molecule has 4 nitrogen and oxygen atoms in total. The van der Waals surface area contributed by atoms with Crippen LogP contribution in [0.5, 0.6) is 0 Å². The van der Waals surface area contributed by atoms with Crippen LogP contribution in [0.15, 0.2) is 41.3 Å². The molecule has 1 amide bonds. The number of amides is 1. The number of hydrogen-bond acceptors (Lipinski definition) is 4. The van der Waals surface area contributed by atoms with Gasteiger partial charge in [0.05, 0.1) is 23.8 Å². The number of pyridine rings is 1. The molecule has 0 unspecified atom stereocenters. The van der Waals surface area contributed by atoms with E-state index in [1.54, 1.807) is 36.6 Å². The molecule has 2 aromatic heterocycles. The van der Waals surface area contributed by atoms with Crippen LogP contribution >= 0.6 is 11.8 Å². The van der Waals surface area contributed by atoms with Gasteiger partial charge in [-0.2, -0.15) is 11.8 Å². The van der Waals surface area contributed by atoms with Crippen molar-refractivity contribution in [3.05, 3.63) is 42.5 Å². The van der Waals surface area contributed by atoms with E-state index >= 15 is 0 Å². The van der Waals surface area contributed by atoms with Crippen LogP contribution in [0.3, 0.4) is 0 Å². The minimum absolute atomic E-state index is 0.0765. The van der Waals surface area contributed by atoms with E-state index in [-0.39, 0.29) is 5.91 Å². The highest BCUT2D eigenvalue weighted by Crippen LogP contribution is 2.16. The number of thioether (sulfide) groups is 1. The summed E-state index contributed by atoms with van der Waals surface area (Å²) in [4.78, 5) is 16.1. The smallest absolute Gasteiger partial charge is 0.252 e. The van der Waals surface area contributed by atoms with Gasteiger partial charge in [0.15, 0.2) is 0 Å². The van der Waals surface area contributed by atoms with Crippen molar-refractivity contribution in [1.29, 1.82) is 0 Å². The van der Waals surface area contributed by atoms with Gasteiger partial charge in [0.25, 0.3) is 5.91 Å². The average Bonchev–Trinajstić information content (AvgIpc) is 2.98. The van der Waals surface area contributed by atoms with E-state index < -0.39 is 0 Å². The molecule has 2 heterocycles. The zero-order chi connectivity index (χ0) is 13.5. The molecule has 0 spiro atoms. The Kier molecular flexibility index (Phi) is 5.03. The van der Waals surface area contributed by atoms with E-state index in [2.05, 4.69) is 16.6 Å². The lowest BCUT2D eigenvalue weighted by atomic mass is 10.2. The van der Waals surface area contributed by atoms with E-state index in [9.17, 15) is 4.79 Å². The van der Waals surface area contributed by atoms with Gasteiger partial charge >= 0.3 is 0 Å². The number of hydrogen-bond donors (Lipinski definition) is 1. The van der Waals surface area contributed by atoms with Crippen LogP contribution in [-0.4, -0.2) is 29.4 Å². The van der Waals surface area contributed by atoms with Crippen LogP contribution < -0.4 is 5.32 Å². The van der Waals surface area contributed by atoms with Crippen LogP contribution in [0, 0.1) is 0 Å². The molecular weight excluding hydrogens is 260 g/mol. The Bertz CT molecular complexity index is 509. The Morgan fingerprint density at radius 2 is 2.32 bits per heavy atom. The molecule has 100 valence electrons. The minimum Gasteiger partial charge on any atom is -0.472 e. The third-order valence-electron chi connectivity index (χ3n) is 2.65. The summed E-state index contributed by atoms with van der Waals surface area (Å²) in [6.45, 7) is 0.698. The van der Waals surface area contributed by atoms with E-state index in [4.69, 9.17) is 4.42 Å². The molecule has 0 atom stereocenters. The van der Waals surface area contributed by atoms with Gasteiger partial charge < -0.3 is 9.73 Å². The van der Waals surface area contributed by atoms with Gasteiger partial charge in [-0.1, -0.05) is 0 Å². The van der Waals surface area contributed by atoms with Crippen LogP contribution in [0.2, 0.25) is 0 Å². The Morgan fingerprint density at radius 1 is 1.42 bits per heavy atom. The van der Waals surface area contributed by atoms with Crippen LogP contribution in [-0.2, 0) is 0 Å². The second kappa shape index (κ2) is 6.99. The molecule has 1 N–H and O–H groups in total. The van der Waals surface area contributed by atoms with Crippen molar-refractivity contribution in [1.82, 2.24) is 10.3 Å². The van der Waals surface area contributed by atoms with E-state index in [1.165, 1.54) is 0 Å². The summed E-state index contributed by atoms with van der Waals surface area (Å²) in [5.74, 6) is 0.977. The highest BCUT2D eigenvalue weighted by atomic mass is 32.2. The van der Waals surface area contributed by atoms with Gasteiger partial charge in [-0.3, -0.25) is 9.78 Å². The number of nitrogens with zero attached hydrogens (tertiary/aromatic N) is 1. The van der Waals surface area contributed by atoms with Crippen LogP contribution in [0.1, 0.15) is 16.8 Å².